The molecule has 0 saturated heterocycles. The zero-order chi connectivity index (χ0) is 48.4. The number of nitrogens with zero attached hydrogens (tertiary/aromatic N) is 8. The third kappa shape index (κ3) is 10.8. The third-order valence-electron chi connectivity index (χ3n) is 12.2. The lowest BCUT2D eigenvalue weighted by molar-refractivity contribution is 0.0991. The number of rotatable bonds is 21. The molecule has 4 heterocycles. The molecule has 19 nitrogen and oxygen atoms in total. The van der Waals surface area contributed by atoms with Crippen LogP contribution in [0.1, 0.15) is 107 Å². The number of amides is 4. The van der Waals surface area contributed by atoms with Crippen molar-refractivity contribution in [3.05, 3.63) is 82.5 Å². The molecule has 0 radical (unpaired) electrons. The molecule has 20 heteroatoms. The van der Waals surface area contributed by atoms with Crippen molar-refractivity contribution in [3.63, 3.8) is 0 Å². The first-order valence-corrected chi connectivity index (χ1v) is 25.6. The van der Waals surface area contributed by atoms with Crippen LogP contribution in [0.2, 0.25) is 18.1 Å². The summed E-state index contributed by atoms with van der Waals surface area (Å²) in [5.41, 5.74) is 15.9. The molecule has 0 unspecified atom stereocenters. The van der Waals surface area contributed by atoms with E-state index in [0.717, 1.165) is 12.8 Å². The molecule has 356 valence electrons. The van der Waals surface area contributed by atoms with Gasteiger partial charge < -0.3 is 34.5 Å². The van der Waals surface area contributed by atoms with E-state index in [4.69, 9.17) is 35.3 Å². The first-order chi connectivity index (χ1) is 31.8. The van der Waals surface area contributed by atoms with Crippen LogP contribution in [0, 0.1) is 19.8 Å². The summed E-state index contributed by atoms with van der Waals surface area (Å²) in [6.07, 6.45) is 6.43. The predicted molar refractivity (Wildman–Crippen MR) is 258 cm³/mol. The van der Waals surface area contributed by atoms with E-state index in [1.165, 1.54) is 0 Å². The number of nitrogens with two attached hydrogens (primary N) is 2. The minimum atomic E-state index is -2.00. The Hall–Kier alpha value is -6.80. The molecule has 4 amide bonds. The Morgan fingerprint density at radius 2 is 1.19 bits per heavy atom. The molecule has 0 aliphatic heterocycles. The normalized spacial score (nSPS) is 13.2. The van der Waals surface area contributed by atoms with Gasteiger partial charge >= 0.3 is 0 Å². The number of allylic oxidation sites excluding steroid dienone is 2. The van der Waals surface area contributed by atoms with Crippen molar-refractivity contribution in [1.29, 1.82) is 0 Å². The highest BCUT2D eigenvalue weighted by molar-refractivity contribution is 6.74. The van der Waals surface area contributed by atoms with Crippen LogP contribution < -0.4 is 31.6 Å². The molecular formula is C47H62N12O7Si. The van der Waals surface area contributed by atoms with Crippen molar-refractivity contribution in [2.24, 2.45) is 17.4 Å². The van der Waals surface area contributed by atoms with E-state index in [-0.39, 0.29) is 47.8 Å². The van der Waals surface area contributed by atoms with Gasteiger partial charge in [-0.15, -0.1) is 0 Å². The lowest BCUT2D eigenvalue weighted by Gasteiger charge is -2.36. The Kier molecular flexibility index (Phi) is 14.1. The summed E-state index contributed by atoms with van der Waals surface area (Å²) in [4.78, 5) is 62.5. The lowest BCUT2D eigenvalue weighted by Crippen LogP contribution is -2.41. The second kappa shape index (κ2) is 19.6. The number of fused-ring (bicyclic) bond motifs is 2. The van der Waals surface area contributed by atoms with Crippen molar-refractivity contribution < 1.29 is 33.1 Å². The van der Waals surface area contributed by atoms with Crippen molar-refractivity contribution in [2.75, 3.05) is 30.5 Å². The van der Waals surface area contributed by atoms with Gasteiger partial charge in [0.15, 0.2) is 8.32 Å². The van der Waals surface area contributed by atoms with E-state index < -0.39 is 31.9 Å². The molecule has 1 aliphatic carbocycles. The van der Waals surface area contributed by atoms with Gasteiger partial charge in [0.25, 0.3) is 11.8 Å². The van der Waals surface area contributed by atoms with Gasteiger partial charge in [0, 0.05) is 50.3 Å². The van der Waals surface area contributed by atoms with Crippen LogP contribution in [0.4, 0.5) is 11.9 Å². The monoisotopic (exact) mass is 934 g/mol. The van der Waals surface area contributed by atoms with Crippen LogP contribution in [0.5, 0.6) is 11.5 Å². The number of hydrogen-bond acceptors (Lipinski definition) is 11. The SMILES string of the molecule is CCn1nc(C)cc1C(=O)Nc1nc2cc(C(N)=O)cc(OCCCO[Si](C)(C)C(C)(C)C)c2n1CC=CCn1c(NC(=O)c2cc(C)nn2CC)nc2cc(C(N)=O)cc(OCC3CC3)c21. The number of carbonyl (C=O) groups is 4. The summed E-state index contributed by atoms with van der Waals surface area (Å²) >= 11 is 0. The second-order valence-corrected chi connectivity index (χ2v) is 23.2. The predicted octanol–water partition coefficient (Wildman–Crippen LogP) is 6.97. The molecule has 1 saturated carbocycles. The van der Waals surface area contributed by atoms with Crippen LogP contribution >= 0.6 is 0 Å². The summed E-state index contributed by atoms with van der Waals surface area (Å²) < 4.78 is 26.0. The summed E-state index contributed by atoms with van der Waals surface area (Å²) in [6, 6.07) is 9.76. The number of nitrogens with one attached hydrogen (secondary N) is 2. The highest BCUT2D eigenvalue weighted by atomic mass is 28.4. The highest BCUT2D eigenvalue weighted by Crippen LogP contribution is 2.38. The van der Waals surface area contributed by atoms with Gasteiger partial charge in [-0.1, -0.05) is 32.9 Å². The summed E-state index contributed by atoms with van der Waals surface area (Å²) in [5.74, 6) is -0.598. The maximum Gasteiger partial charge on any atom is 0.276 e. The largest absolute Gasteiger partial charge is 0.491 e. The molecule has 6 N–H and O–H groups in total. The van der Waals surface area contributed by atoms with E-state index in [1.54, 1.807) is 54.9 Å². The number of primary amides is 2. The quantitative estimate of drug-likeness (QED) is 0.0326. The fourth-order valence-electron chi connectivity index (χ4n) is 7.42. The van der Waals surface area contributed by atoms with Crippen LogP contribution in [-0.4, -0.2) is 90.4 Å². The first-order valence-electron chi connectivity index (χ1n) is 22.7. The fourth-order valence-corrected chi connectivity index (χ4v) is 8.51. The number of ether oxygens (including phenoxy) is 2. The number of aryl methyl sites for hydroxylation is 4. The van der Waals surface area contributed by atoms with Gasteiger partial charge in [-0.2, -0.15) is 10.2 Å². The van der Waals surface area contributed by atoms with Crippen molar-refractivity contribution >= 4 is 65.9 Å². The number of anilines is 2. The number of benzene rings is 2. The van der Waals surface area contributed by atoms with Gasteiger partial charge in [0.1, 0.15) is 33.9 Å². The topological polar surface area (TPSA) is 243 Å². The van der Waals surface area contributed by atoms with Gasteiger partial charge in [-0.25, -0.2) is 9.97 Å². The summed E-state index contributed by atoms with van der Waals surface area (Å²) in [6.45, 7) is 20.9. The van der Waals surface area contributed by atoms with Crippen LogP contribution in [0.15, 0.2) is 48.6 Å². The Morgan fingerprint density at radius 1 is 0.731 bits per heavy atom. The zero-order valence-corrected chi connectivity index (χ0v) is 40.9. The Balaban J connectivity index is 1.26. The first kappa shape index (κ1) is 48.1. The average molecular weight is 935 g/mol. The highest BCUT2D eigenvalue weighted by Gasteiger charge is 2.37. The molecule has 0 bridgehead atoms. The van der Waals surface area contributed by atoms with Crippen LogP contribution in [0.25, 0.3) is 22.1 Å². The maximum absolute atomic E-state index is 13.9. The van der Waals surface area contributed by atoms with Gasteiger partial charge in [0.2, 0.25) is 23.7 Å². The maximum atomic E-state index is 13.9. The standard InChI is InChI=1S/C47H62N12O7Si/c1-10-58-35(21-28(3)54-58)43(62)52-45-50-33-23-31(41(48)60)25-37(64-19-14-20-66-67(8,9)47(5,6)7)39(33)56(45)17-12-13-18-57-40-34(24-32(42(49)61)26-38(40)65-27-30-15-16-30)51-46(57)53-44(63)36-22-29(4)55-59(36)11-2/h12-13,21-26,30H,10-11,14-20,27H2,1-9H3,(H2,48,60)(H2,49,61)(H,50,52,62)(H,51,53,63). The smallest absolute Gasteiger partial charge is 0.276 e. The van der Waals surface area contributed by atoms with Gasteiger partial charge in [-0.3, -0.25) is 39.2 Å². The van der Waals surface area contributed by atoms with E-state index >= 15 is 0 Å². The molecule has 7 rings (SSSR count). The Labute approximate surface area is 390 Å². The fraction of sp³-hybridized carbons (Fsp3) is 0.447. The van der Waals surface area contributed by atoms with E-state index in [0.29, 0.717) is 95.0 Å². The molecule has 67 heavy (non-hydrogen) atoms. The molecule has 2 aromatic carbocycles. The van der Waals surface area contributed by atoms with Crippen molar-refractivity contribution in [1.82, 2.24) is 38.7 Å². The van der Waals surface area contributed by atoms with Gasteiger partial charge in [0.05, 0.1) is 35.6 Å². The number of hydrogen-bond donors (Lipinski definition) is 4. The molecule has 0 spiro atoms. The third-order valence-corrected chi connectivity index (χ3v) is 16.8. The average Bonchev–Trinajstić information content (AvgIpc) is 3.54. The Bertz CT molecular complexity index is 2880. The van der Waals surface area contributed by atoms with Crippen LogP contribution in [0.3, 0.4) is 0 Å². The van der Waals surface area contributed by atoms with Crippen molar-refractivity contribution in [2.45, 2.75) is 112 Å². The van der Waals surface area contributed by atoms with E-state index in [1.807, 2.05) is 39.8 Å². The molecular weight excluding hydrogens is 873 g/mol. The minimum Gasteiger partial charge on any atom is -0.491 e. The van der Waals surface area contributed by atoms with Crippen molar-refractivity contribution in [3.8, 4) is 11.5 Å². The van der Waals surface area contributed by atoms with Gasteiger partial charge in [-0.05, 0) is 101 Å². The summed E-state index contributed by atoms with van der Waals surface area (Å²) in [5, 5.41) is 14.9. The molecule has 0 atom stereocenters. The molecule has 1 aliphatic rings. The van der Waals surface area contributed by atoms with E-state index in [9.17, 15) is 19.2 Å². The minimum absolute atomic E-state index is 0.0454. The van der Waals surface area contributed by atoms with Crippen LogP contribution in [-0.2, 0) is 30.6 Å². The molecule has 4 aromatic heterocycles. The number of aromatic nitrogens is 8. The zero-order valence-electron chi connectivity index (χ0n) is 39.9. The number of imidazole rings is 2. The Morgan fingerprint density at radius 3 is 1.61 bits per heavy atom. The summed E-state index contributed by atoms with van der Waals surface area (Å²) in [7, 11) is -2.00. The van der Waals surface area contributed by atoms with E-state index in [2.05, 4.69) is 54.7 Å². The molecule has 6 aromatic rings. The number of carbonyl (C=O) groups excluding carboxylic acids is 4. The second-order valence-electron chi connectivity index (χ2n) is 18.4. The molecule has 1 fully saturated rings. The lowest BCUT2D eigenvalue weighted by atomic mass is 10.1.